The first-order valence-corrected chi connectivity index (χ1v) is 18.3. The van der Waals surface area contributed by atoms with Gasteiger partial charge in [-0.05, 0) is 46.2 Å². The topological polar surface area (TPSA) is 102 Å². The van der Waals surface area contributed by atoms with Gasteiger partial charge in [-0.25, -0.2) is 25.3 Å². The lowest BCUT2D eigenvalue weighted by Crippen LogP contribution is -3.61. The average Bonchev–Trinajstić information content (AvgIpc) is 2.76. The van der Waals surface area contributed by atoms with E-state index >= 15 is 0 Å². The first-order valence-electron chi connectivity index (χ1n) is 11.5. The van der Waals surface area contributed by atoms with E-state index in [0.29, 0.717) is 0 Å². The van der Waals surface area contributed by atoms with Crippen LogP contribution >= 0.6 is 0 Å². The SMILES string of the molecule is CC(C)(C)c1ccc([I+]c2ccc(C(C)(C)C)cc2)cc1.O=S(=O)(C(S(=O)(=O)C(F)(F)F)S(=O)(=O)C(F)(F)F)C(F)(F)F. The van der Waals surface area contributed by atoms with Crippen LogP contribution in [0.15, 0.2) is 48.5 Å². The second-order valence-corrected chi connectivity index (χ2v) is 20.9. The Morgan fingerprint density at radius 1 is 0.465 bits per heavy atom. The minimum atomic E-state index is -7.94. The highest BCUT2D eigenvalue weighted by molar-refractivity contribution is 8.24. The molecule has 246 valence electrons. The van der Waals surface area contributed by atoms with Gasteiger partial charge in [-0.3, -0.25) is 0 Å². The molecule has 0 aliphatic rings. The molecular formula is C24H27F9IO6S3+. The molecule has 0 N–H and O–H groups in total. The third-order valence-corrected chi connectivity index (χ3v) is 16.1. The largest absolute Gasteiger partial charge is 0.499 e. The van der Waals surface area contributed by atoms with Crippen LogP contribution in [-0.4, -0.2) is 45.7 Å². The summed E-state index contributed by atoms with van der Waals surface area (Å²) < 4.78 is 170. The molecule has 0 bridgehead atoms. The van der Waals surface area contributed by atoms with Crippen LogP contribution in [0.3, 0.4) is 0 Å². The van der Waals surface area contributed by atoms with E-state index in [1.165, 1.54) is 18.3 Å². The Bertz CT molecular complexity index is 1420. The van der Waals surface area contributed by atoms with E-state index in [0.717, 1.165) is 0 Å². The summed E-state index contributed by atoms with van der Waals surface area (Å²) in [5.41, 5.74) is -17.7. The zero-order valence-electron chi connectivity index (χ0n) is 23.2. The highest BCUT2D eigenvalue weighted by atomic mass is 127. The summed E-state index contributed by atoms with van der Waals surface area (Å²) in [7, 11) is -23.8. The molecule has 0 spiro atoms. The van der Waals surface area contributed by atoms with Crippen molar-refractivity contribution in [1.29, 1.82) is 0 Å². The number of halogens is 10. The predicted octanol–water partition coefficient (Wildman–Crippen LogP) is 3.48. The van der Waals surface area contributed by atoms with Crippen molar-refractivity contribution in [3.05, 3.63) is 66.8 Å². The van der Waals surface area contributed by atoms with Crippen LogP contribution in [0.5, 0.6) is 0 Å². The van der Waals surface area contributed by atoms with Gasteiger partial charge in [-0.2, -0.15) is 39.5 Å². The van der Waals surface area contributed by atoms with Crippen LogP contribution in [-0.2, 0) is 40.3 Å². The van der Waals surface area contributed by atoms with Gasteiger partial charge in [-0.15, -0.1) is 0 Å². The summed E-state index contributed by atoms with van der Waals surface area (Å²) in [4.78, 5) is 0. The van der Waals surface area contributed by atoms with Gasteiger partial charge in [0.05, 0.1) is 0 Å². The smallest absolute Gasteiger partial charge is 0.217 e. The lowest BCUT2D eigenvalue weighted by atomic mass is 9.87. The minimum Gasteiger partial charge on any atom is -0.217 e. The molecule has 0 saturated heterocycles. The fraction of sp³-hybridized carbons (Fsp3) is 0.500. The predicted molar refractivity (Wildman–Crippen MR) is 136 cm³/mol. The van der Waals surface area contributed by atoms with Crippen LogP contribution in [0.25, 0.3) is 0 Å². The van der Waals surface area contributed by atoms with E-state index in [4.69, 9.17) is 0 Å². The van der Waals surface area contributed by atoms with Crippen molar-refractivity contribution in [3.63, 3.8) is 0 Å². The summed E-state index contributed by atoms with van der Waals surface area (Å²) in [6, 6.07) is 18.4. The second-order valence-electron chi connectivity index (χ2n) is 10.9. The Hall–Kier alpha value is -1.61. The summed E-state index contributed by atoms with van der Waals surface area (Å²) in [6.07, 6.45) is 0. The maximum Gasteiger partial charge on any atom is 0.499 e. The molecule has 0 atom stereocenters. The Labute approximate surface area is 254 Å². The zero-order chi connectivity index (χ0) is 34.3. The summed E-state index contributed by atoms with van der Waals surface area (Å²) in [5.74, 6) is 0. The highest BCUT2D eigenvalue weighted by Gasteiger charge is 2.73. The molecule has 19 heteroatoms. The van der Waals surface area contributed by atoms with Crippen molar-refractivity contribution in [2.75, 3.05) is 0 Å². The monoisotopic (exact) mass is 805 g/mol. The normalized spacial score (nSPS) is 14.3. The van der Waals surface area contributed by atoms with Crippen LogP contribution in [0, 0.1) is 7.14 Å². The van der Waals surface area contributed by atoms with Crippen molar-refractivity contribution in [2.45, 2.75) is 72.8 Å². The fourth-order valence-electron chi connectivity index (χ4n) is 2.98. The van der Waals surface area contributed by atoms with Gasteiger partial charge in [-0.1, -0.05) is 65.8 Å². The van der Waals surface area contributed by atoms with Crippen molar-refractivity contribution < 1.29 is 86.0 Å². The number of alkyl halides is 9. The minimum absolute atomic E-state index is 0.0703. The van der Waals surface area contributed by atoms with Crippen LogP contribution in [0.1, 0.15) is 52.7 Å². The highest BCUT2D eigenvalue weighted by Crippen LogP contribution is 2.43. The Kier molecular flexibility index (Phi) is 11.6. The molecule has 0 unspecified atom stereocenters. The fourth-order valence-corrected chi connectivity index (χ4v) is 11.8. The van der Waals surface area contributed by atoms with Gasteiger partial charge < -0.3 is 0 Å². The van der Waals surface area contributed by atoms with E-state index < -0.39 is 50.0 Å². The molecular weight excluding hydrogens is 778 g/mol. The van der Waals surface area contributed by atoms with Gasteiger partial charge in [0.15, 0.2) is 7.14 Å². The van der Waals surface area contributed by atoms with Crippen molar-refractivity contribution in [2.24, 2.45) is 0 Å². The average molecular weight is 806 g/mol. The molecule has 0 radical (unpaired) electrons. The molecule has 0 saturated carbocycles. The first kappa shape index (κ1) is 39.4. The van der Waals surface area contributed by atoms with Gasteiger partial charge in [0.25, 0.3) is 33.4 Å². The van der Waals surface area contributed by atoms with Crippen molar-refractivity contribution in [3.8, 4) is 0 Å². The maximum atomic E-state index is 12.1. The second kappa shape index (κ2) is 12.6. The lowest BCUT2D eigenvalue weighted by Gasteiger charge is -2.21. The first-order chi connectivity index (χ1) is 18.8. The van der Waals surface area contributed by atoms with Crippen LogP contribution < -0.4 is 21.2 Å². The molecule has 6 nitrogen and oxygen atoms in total. The van der Waals surface area contributed by atoms with E-state index in [1.807, 2.05) is 0 Å². The number of benzene rings is 2. The molecule has 2 aromatic carbocycles. The molecule has 0 aliphatic carbocycles. The summed E-state index contributed by atoms with van der Waals surface area (Å²) >= 11 is -0.0703. The van der Waals surface area contributed by atoms with E-state index in [9.17, 15) is 64.8 Å². The Balaban J connectivity index is 0.000000430. The van der Waals surface area contributed by atoms with Crippen molar-refractivity contribution >= 4 is 29.5 Å². The molecule has 2 rings (SSSR count). The van der Waals surface area contributed by atoms with Crippen LogP contribution in [0.2, 0.25) is 0 Å². The van der Waals surface area contributed by atoms with Gasteiger partial charge in [0.2, 0.25) is 0 Å². The molecule has 0 aliphatic heterocycles. The third kappa shape index (κ3) is 9.44. The van der Waals surface area contributed by atoms with Crippen molar-refractivity contribution in [1.82, 2.24) is 0 Å². The summed E-state index contributed by atoms with van der Waals surface area (Å²) in [5, 5.41) is 0. The van der Waals surface area contributed by atoms with E-state index in [-0.39, 0.29) is 32.0 Å². The number of rotatable bonds is 5. The molecule has 2 aromatic rings. The Morgan fingerprint density at radius 3 is 0.837 bits per heavy atom. The van der Waals surface area contributed by atoms with Gasteiger partial charge in [0, 0.05) is 0 Å². The molecule has 0 amide bonds. The van der Waals surface area contributed by atoms with E-state index in [1.54, 1.807) is 0 Å². The number of sulfone groups is 3. The molecule has 0 aromatic heterocycles. The molecule has 0 heterocycles. The van der Waals surface area contributed by atoms with E-state index in [2.05, 4.69) is 90.1 Å². The zero-order valence-corrected chi connectivity index (χ0v) is 27.8. The standard InChI is InChI=1S/C20H26I.C4HF9O6S3/c1-19(2,3)15-7-11-17(12-8-15)21-18-13-9-16(10-14-18)20(4,5)6;5-2(6,7)20(14,15)1(21(16,17)3(8,9)10)22(18,19)4(11,12)13/h7-14H,1-6H3;1H/q+1;. The Morgan fingerprint density at radius 2 is 0.674 bits per heavy atom. The number of hydrogen-bond donors (Lipinski definition) is 0. The quantitative estimate of drug-likeness (QED) is 0.339. The van der Waals surface area contributed by atoms with Crippen LogP contribution in [0.4, 0.5) is 39.5 Å². The molecule has 0 fully saturated rings. The lowest BCUT2D eigenvalue weighted by molar-refractivity contribution is -0.597. The number of hydrogen-bond acceptors (Lipinski definition) is 6. The third-order valence-electron chi connectivity index (χ3n) is 5.37. The summed E-state index contributed by atoms with van der Waals surface area (Å²) in [6.45, 7) is 13.6. The maximum absolute atomic E-state index is 12.1. The molecule has 43 heavy (non-hydrogen) atoms. The van der Waals surface area contributed by atoms with Gasteiger partial charge in [0.1, 0.15) is 0 Å². The van der Waals surface area contributed by atoms with Gasteiger partial charge >= 0.3 is 37.7 Å².